The molecule has 0 unspecified atom stereocenters. The zero-order chi connectivity index (χ0) is 38.2. The highest BCUT2D eigenvalue weighted by molar-refractivity contribution is 6.15. The molecule has 270 valence electrons. The van der Waals surface area contributed by atoms with Gasteiger partial charge in [0.05, 0.1) is 11.0 Å². The van der Waals surface area contributed by atoms with Gasteiger partial charge in [0.2, 0.25) is 0 Å². The van der Waals surface area contributed by atoms with Crippen LogP contribution in [-0.4, -0.2) is 19.5 Å². The van der Waals surface area contributed by atoms with E-state index in [1.807, 2.05) is 30.3 Å². The first-order valence-corrected chi connectivity index (χ1v) is 19.5. The normalized spacial score (nSPS) is 11.8. The van der Waals surface area contributed by atoms with Crippen LogP contribution >= 0.6 is 0 Å². The number of rotatable bonds is 5. The summed E-state index contributed by atoms with van der Waals surface area (Å²) in [5, 5.41) is 9.18. The van der Waals surface area contributed by atoms with Crippen LogP contribution in [0.1, 0.15) is 0 Å². The summed E-state index contributed by atoms with van der Waals surface area (Å²) in [5.41, 5.74) is 9.82. The Labute approximate surface area is 333 Å². The molecule has 9 aromatic carbocycles. The summed E-state index contributed by atoms with van der Waals surface area (Å²) in [4.78, 5) is 15.8. The van der Waals surface area contributed by atoms with Crippen LogP contribution in [0.25, 0.3) is 116 Å². The molecule has 0 saturated heterocycles. The van der Waals surface area contributed by atoms with Crippen molar-refractivity contribution in [2.75, 3.05) is 0 Å². The number of fused-ring (bicyclic) bond motifs is 8. The van der Waals surface area contributed by atoms with Crippen molar-refractivity contribution >= 4 is 65.3 Å². The summed E-state index contributed by atoms with van der Waals surface area (Å²) < 4.78 is 8.86. The molecule has 0 fully saturated rings. The van der Waals surface area contributed by atoms with Crippen molar-refractivity contribution in [1.29, 1.82) is 0 Å². The fourth-order valence-electron chi connectivity index (χ4n) is 8.78. The molecule has 12 aromatic rings. The van der Waals surface area contributed by atoms with Crippen molar-refractivity contribution in [3.05, 3.63) is 194 Å². The first-order valence-electron chi connectivity index (χ1n) is 19.5. The first kappa shape index (κ1) is 32.4. The lowest BCUT2D eigenvalue weighted by atomic mass is 9.94. The predicted octanol–water partition coefficient (Wildman–Crippen LogP) is 13.8. The van der Waals surface area contributed by atoms with E-state index in [0.717, 1.165) is 77.2 Å². The Balaban J connectivity index is 1.18. The molecule has 3 heterocycles. The topological polar surface area (TPSA) is 56.7 Å². The Morgan fingerprint density at radius 1 is 0.345 bits per heavy atom. The number of nitrogens with zero attached hydrogens (tertiary/aromatic N) is 4. The molecular formula is C53H32N4O. The highest BCUT2D eigenvalue weighted by Crippen LogP contribution is 2.43. The lowest BCUT2D eigenvalue weighted by Crippen LogP contribution is -2.02. The average molecular weight is 741 g/mol. The molecular weight excluding hydrogens is 709 g/mol. The van der Waals surface area contributed by atoms with E-state index < -0.39 is 0 Å². The largest absolute Gasteiger partial charge is 0.456 e. The van der Waals surface area contributed by atoms with Crippen LogP contribution in [0, 0.1) is 0 Å². The molecule has 0 aliphatic carbocycles. The average Bonchev–Trinajstić information content (AvgIpc) is 3.83. The van der Waals surface area contributed by atoms with Crippen LogP contribution in [0.3, 0.4) is 0 Å². The molecule has 0 aliphatic heterocycles. The SMILES string of the molecule is c1ccc(-c2nc(-c3ccc(-n4c5ccccc5c5cc6ccccc6cc54)cc3-c3cccc4oc5ccccc5c34)nc(-c3cccc4ccccc34)n2)cc1. The maximum Gasteiger partial charge on any atom is 0.164 e. The van der Waals surface area contributed by atoms with Crippen molar-refractivity contribution in [2.24, 2.45) is 0 Å². The Hall–Kier alpha value is -7.89. The lowest BCUT2D eigenvalue weighted by molar-refractivity contribution is 0.669. The fraction of sp³-hybridized carbons (Fsp3) is 0. The van der Waals surface area contributed by atoms with E-state index in [1.165, 1.54) is 21.5 Å². The molecule has 0 amide bonds. The highest BCUT2D eigenvalue weighted by atomic mass is 16.3. The van der Waals surface area contributed by atoms with E-state index in [0.29, 0.717) is 17.5 Å². The monoisotopic (exact) mass is 740 g/mol. The van der Waals surface area contributed by atoms with Crippen LogP contribution < -0.4 is 0 Å². The molecule has 12 rings (SSSR count). The maximum atomic E-state index is 6.47. The summed E-state index contributed by atoms with van der Waals surface area (Å²) in [5.74, 6) is 1.83. The molecule has 0 N–H and O–H groups in total. The van der Waals surface area contributed by atoms with Gasteiger partial charge in [0.25, 0.3) is 0 Å². The summed E-state index contributed by atoms with van der Waals surface area (Å²) in [7, 11) is 0. The second kappa shape index (κ2) is 12.8. The zero-order valence-corrected chi connectivity index (χ0v) is 31.2. The summed E-state index contributed by atoms with van der Waals surface area (Å²) in [6.45, 7) is 0. The number of hydrogen-bond acceptors (Lipinski definition) is 4. The Morgan fingerprint density at radius 2 is 0.966 bits per heavy atom. The van der Waals surface area contributed by atoms with Gasteiger partial charge in [-0.3, -0.25) is 0 Å². The number of furan rings is 1. The van der Waals surface area contributed by atoms with Crippen molar-refractivity contribution < 1.29 is 4.42 Å². The molecule has 5 nitrogen and oxygen atoms in total. The minimum absolute atomic E-state index is 0.594. The summed E-state index contributed by atoms with van der Waals surface area (Å²) in [6.07, 6.45) is 0. The second-order valence-electron chi connectivity index (χ2n) is 14.8. The van der Waals surface area contributed by atoms with Crippen LogP contribution in [-0.2, 0) is 0 Å². The minimum Gasteiger partial charge on any atom is -0.456 e. The van der Waals surface area contributed by atoms with Crippen molar-refractivity contribution in [2.45, 2.75) is 0 Å². The smallest absolute Gasteiger partial charge is 0.164 e. The van der Waals surface area contributed by atoms with Gasteiger partial charge in [-0.05, 0) is 81.2 Å². The molecule has 0 radical (unpaired) electrons. The van der Waals surface area contributed by atoms with Crippen LogP contribution in [0.15, 0.2) is 199 Å². The van der Waals surface area contributed by atoms with Crippen LogP contribution in [0.4, 0.5) is 0 Å². The third kappa shape index (κ3) is 5.07. The van der Waals surface area contributed by atoms with Crippen molar-refractivity contribution in [3.63, 3.8) is 0 Å². The molecule has 0 atom stereocenters. The van der Waals surface area contributed by atoms with E-state index in [1.54, 1.807) is 0 Å². The standard InChI is InChI=1S/C53H32N4O/c1-2-15-34(16-3-1)51-54-52(41-24-12-19-33-14-6-7-20-38(33)41)56-53(55-51)42-29-28-37(32-44(42)40-23-13-27-49-50(40)43-22-9-11-26-48(43)58-49)57-46-25-10-8-21-39(46)45-30-35-17-4-5-18-36(35)31-47(45)57/h1-32H. The number of hydrogen-bond donors (Lipinski definition) is 0. The van der Waals surface area contributed by atoms with E-state index >= 15 is 0 Å². The fourth-order valence-corrected chi connectivity index (χ4v) is 8.78. The summed E-state index contributed by atoms with van der Waals surface area (Å²) in [6, 6.07) is 68.1. The quantitative estimate of drug-likeness (QED) is 0.176. The zero-order valence-electron chi connectivity index (χ0n) is 31.2. The number of para-hydroxylation sites is 2. The van der Waals surface area contributed by atoms with Gasteiger partial charge in [0, 0.05) is 43.9 Å². The Bertz CT molecular complexity index is 3580. The Morgan fingerprint density at radius 3 is 1.83 bits per heavy atom. The van der Waals surface area contributed by atoms with E-state index in [9.17, 15) is 0 Å². The van der Waals surface area contributed by atoms with Gasteiger partial charge in [0.1, 0.15) is 11.2 Å². The molecule has 3 aromatic heterocycles. The second-order valence-corrected chi connectivity index (χ2v) is 14.8. The predicted molar refractivity (Wildman–Crippen MR) is 238 cm³/mol. The van der Waals surface area contributed by atoms with E-state index in [4.69, 9.17) is 19.4 Å². The van der Waals surface area contributed by atoms with Gasteiger partial charge < -0.3 is 8.98 Å². The third-order valence-corrected chi connectivity index (χ3v) is 11.4. The van der Waals surface area contributed by atoms with E-state index in [2.05, 4.69) is 168 Å². The minimum atomic E-state index is 0.594. The van der Waals surface area contributed by atoms with Crippen LogP contribution in [0.5, 0.6) is 0 Å². The van der Waals surface area contributed by atoms with Gasteiger partial charge in [-0.1, -0.05) is 146 Å². The van der Waals surface area contributed by atoms with Crippen LogP contribution in [0.2, 0.25) is 0 Å². The van der Waals surface area contributed by atoms with Crippen molar-refractivity contribution in [3.8, 4) is 51.0 Å². The van der Waals surface area contributed by atoms with Crippen molar-refractivity contribution in [1.82, 2.24) is 19.5 Å². The number of benzene rings is 9. The first-order chi connectivity index (χ1) is 28.7. The molecule has 0 bridgehead atoms. The van der Waals surface area contributed by atoms with Gasteiger partial charge in [-0.25, -0.2) is 15.0 Å². The van der Waals surface area contributed by atoms with Gasteiger partial charge in [-0.2, -0.15) is 0 Å². The van der Waals surface area contributed by atoms with Gasteiger partial charge in [0.15, 0.2) is 17.5 Å². The van der Waals surface area contributed by atoms with Gasteiger partial charge in [-0.15, -0.1) is 0 Å². The molecule has 5 heteroatoms. The highest BCUT2D eigenvalue weighted by Gasteiger charge is 2.22. The van der Waals surface area contributed by atoms with Gasteiger partial charge >= 0.3 is 0 Å². The molecule has 0 spiro atoms. The molecule has 0 saturated carbocycles. The Kier molecular flexibility index (Phi) is 7.16. The third-order valence-electron chi connectivity index (χ3n) is 11.4. The molecule has 58 heavy (non-hydrogen) atoms. The van der Waals surface area contributed by atoms with E-state index in [-0.39, 0.29) is 0 Å². The molecule has 0 aliphatic rings. The summed E-state index contributed by atoms with van der Waals surface area (Å²) >= 11 is 0. The maximum absolute atomic E-state index is 6.47. The number of aromatic nitrogens is 4. The lowest BCUT2D eigenvalue weighted by Gasteiger charge is -2.16.